The molecule has 1 aliphatic carbocycles. The first-order chi connectivity index (χ1) is 13.8. The number of alkyl halides is 2. The van der Waals surface area contributed by atoms with Gasteiger partial charge in [0.05, 0.1) is 22.2 Å². The van der Waals surface area contributed by atoms with Crippen LogP contribution in [0.15, 0.2) is 9.59 Å². The minimum atomic E-state index is -3.21. The maximum absolute atomic E-state index is 15.4. The van der Waals surface area contributed by atoms with E-state index in [-0.39, 0.29) is 35.7 Å². The third-order valence-electron chi connectivity index (χ3n) is 6.36. The van der Waals surface area contributed by atoms with Gasteiger partial charge in [0, 0.05) is 37.2 Å². The number of hydrogen-bond donors (Lipinski definition) is 2. The molecule has 6 nitrogen and oxygen atoms in total. The van der Waals surface area contributed by atoms with Crippen molar-refractivity contribution in [3.63, 3.8) is 0 Å². The number of aliphatic hydroxyl groups excluding tert-OH is 1. The third-order valence-corrected chi connectivity index (χ3v) is 6.36. The molecule has 9 heteroatoms. The van der Waals surface area contributed by atoms with Crippen molar-refractivity contribution in [2.24, 2.45) is 11.8 Å². The molecule has 1 saturated carbocycles. The number of nitrogens with zero attached hydrogens (tertiary/aromatic N) is 2. The number of halogens is 3. The molecule has 2 unspecified atom stereocenters. The highest BCUT2D eigenvalue weighted by Crippen LogP contribution is 2.42. The first-order valence-corrected chi connectivity index (χ1v) is 9.90. The van der Waals surface area contributed by atoms with Gasteiger partial charge in [-0.3, -0.25) is 14.3 Å². The second kappa shape index (κ2) is 7.19. The standard InChI is InChI=1S/C20H24F3N3O3/c1-9-5-6-25(7-11(9)8-27)17-10(2)16-14(13(15(17)21)18(22)23)19(28)24-20(29)26(16)12-3-4-12/h9,11-12,18,27H,3-8H2,1-2H3,(H,24,28,29). The van der Waals surface area contributed by atoms with Crippen LogP contribution >= 0.6 is 0 Å². The molecule has 2 heterocycles. The lowest BCUT2D eigenvalue weighted by Crippen LogP contribution is -2.42. The Bertz CT molecular complexity index is 1070. The van der Waals surface area contributed by atoms with Crippen LogP contribution in [0.5, 0.6) is 0 Å². The summed E-state index contributed by atoms with van der Waals surface area (Å²) >= 11 is 0. The van der Waals surface area contributed by atoms with Crippen LogP contribution in [-0.2, 0) is 0 Å². The summed E-state index contributed by atoms with van der Waals surface area (Å²) in [5.41, 5.74) is -2.22. The lowest BCUT2D eigenvalue weighted by Gasteiger charge is -2.39. The highest BCUT2D eigenvalue weighted by Gasteiger charge is 2.35. The molecule has 2 aliphatic rings. The fraction of sp³-hybridized carbons (Fsp3) is 0.600. The Morgan fingerprint density at radius 1 is 1.24 bits per heavy atom. The maximum Gasteiger partial charge on any atom is 0.329 e. The predicted octanol–water partition coefficient (Wildman–Crippen LogP) is 2.86. The van der Waals surface area contributed by atoms with Gasteiger partial charge in [-0.15, -0.1) is 0 Å². The number of benzene rings is 1. The quantitative estimate of drug-likeness (QED) is 0.811. The summed E-state index contributed by atoms with van der Waals surface area (Å²) in [4.78, 5) is 28.6. The van der Waals surface area contributed by atoms with Gasteiger partial charge in [-0.05, 0) is 32.1 Å². The van der Waals surface area contributed by atoms with E-state index in [2.05, 4.69) is 4.98 Å². The molecule has 2 aromatic rings. The molecule has 2 N–H and O–H groups in total. The predicted molar refractivity (Wildman–Crippen MR) is 103 cm³/mol. The van der Waals surface area contributed by atoms with E-state index in [1.54, 1.807) is 11.8 Å². The van der Waals surface area contributed by atoms with Crippen molar-refractivity contribution in [3.05, 3.63) is 37.8 Å². The molecule has 0 spiro atoms. The van der Waals surface area contributed by atoms with Crippen LogP contribution < -0.4 is 16.1 Å². The van der Waals surface area contributed by atoms with Gasteiger partial charge in [0.15, 0.2) is 5.82 Å². The fourth-order valence-electron chi connectivity index (χ4n) is 4.53. The monoisotopic (exact) mass is 411 g/mol. The third kappa shape index (κ3) is 3.15. The number of aromatic amines is 1. The van der Waals surface area contributed by atoms with E-state index in [1.165, 1.54) is 4.57 Å². The molecule has 158 valence electrons. The van der Waals surface area contributed by atoms with Crippen LogP contribution in [0.25, 0.3) is 10.9 Å². The van der Waals surface area contributed by atoms with Crippen LogP contribution in [0.4, 0.5) is 18.9 Å². The molecule has 0 bridgehead atoms. The maximum atomic E-state index is 15.4. The van der Waals surface area contributed by atoms with Gasteiger partial charge in [0.25, 0.3) is 12.0 Å². The van der Waals surface area contributed by atoms with Crippen LogP contribution in [0, 0.1) is 24.6 Å². The van der Waals surface area contributed by atoms with E-state index in [4.69, 9.17) is 0 Å². The number of piperidine rings is 1. The molecule has 1 aromatic heterocycles. The zero-order chi connectivity index (χ0) is 21.0. The number of aliphatic hydroxyl groups is 1. The van der Waals surface area contributed by atoms with Crippen LogP contribution in [0.3, 0.4) is 0 Å². The molecular weight excluding hydrogens is 387 g/mol. The topological polar surface area (TPSA) is 78.3 Å². The van der Waals surface area contributed by atoms with Crippen molar-refractivity contribution in [2.45, 2.75) is 45.6 Å². The molecular formula is C20H24F3N3O3. The van der Waals surface area contributed by atoms with Crippen LogP contribution in [-0.4, -0.2) is 34.4 Å². The second-order valence-corrected chi connectivity index (χ2v) is 8.24. The average molecular weight is 411 g/mol. The number of nitrogens with one attached hydrogen (secondary N) is 1. The summed E-state index contributed by atoms with van der Waals surface area (Å²) in [6, 6.07) is -0.184. The number of H-pyrrole nitrogens is 1. The molecule has 29 heavy (non-hydrogen) atoms. The van der Waals surface area contributed by atoms with E-state index in [1.807, 2.05) is 6.92 Å². The minimum absolute atomic E-state index is 0.00227. The summed E-state index contributed by atoms with van der Waals surface area (Å²) < 4.78 is 44.6. The molecule has 1 aromatic carbocycles. The Kier molecular flexibility index (Phi) is 4.96. The highest BCUT2D eigenvalue weighted by molar-refractivity contribution is 5.90. The Morgan fingerprint density at radius 2 is 1.93 bits per heavy atom. The number of aromatic nitrogens is 2. The van der Waals surface area contributed by atoms with Crippen molar-refractivity contribution >= 4 is 16.6 Å². The Balaban J connectivity index is 2.05. The van der Waals surface area contributed by atoms with Gasteiger partial charge in [-0.1, -0.05) is 6.92 Å². The van der Waals surface area contributed by atoms with Crippen molar-refractivity contribution in [3.8, 4) is 0 Å². The molecule has 1 saturated heterocycles. The number of anilines is 1. The number of rotatable bonds is 4. The molecule has 2 fully saturated rings. The fourth-order valence-corrected chi connectivity index (χ4v) is 4.53. The van der Waals surface area contributed by atoms with Gasteiger partial charge in [-0.2, -0.15) is 0 Å². The van der Waals surface area contributed by atoms with E-state index < -0.39 is 34.4 Å². The summed E-state index contributed by atoms with van der Waals surface area (Å²) in [6.45, 7) is 4.25. The molecule has 2 atom stereocenters. The summed E-state index contributed by atoms with van der Waals surface area (Å²) in [7, 11) is 0. The first-order valence-electron chi connectivity index (χ1n) is 9.90. The van der Waals surface area contributed by atoms with Gasteiger partial charge >= 0.3 is 5.69 Å². The average Bonchev–Trinajstić information content (AvgIpc) is 3.48. The van der Waals surface area contributed by atoms with E-state index in [0.29, 0.717) is 37.9 Å². The van der Waals surface area contributed by atoms with Crippen molar-refractivity contribution in [1.82, 2.24) is 9.55 Å². The summed E-state index contributed by atoms with van der Waals surface area (Å²) in [6.07, 6.45) is -1.13. The normalized spacial score (nSPS) is 22.7. The van der Waals surface area contributed by atoms with E-state index >= 15 is 4.39 Å². The number of fused-ring (bicyclic) bond motifs is 1. The number of hydrogen-bond acceptors (Lipinski definition) is 4. The Morgan fingerprint density at radius 3 is 2.52 bits per heavy atom. The Labute approximate surface area is 165 Å². The van der Waals surface area contributed by atoms with Crippen molar-refractivity contribution in [1.29, 1.82) is 0 Å². The summed E-state index contributed by atoms with van der Waals surface area (Å²) in [5, 5.41) is 9.20. The second-order valence-electron chi connectivity index (χ2n) is 8.24. The van der Waals surface area contributed by atoms with E-state index in [9.17, 15) is 23.5 Å². The molecule has 4 rings (SSSR count). The van der Waals surface area contributed by atoms with Crippen LogP contribution in [0.2, 0.25) is 0 Å². The number of aryl methyl sites for hydroxylation is 1. The van der Waals surface area contributed by atoms with Crippen molar-refractivity contribution in [2.75, 3.05) is 24.6 Å². The first kappa shape index (κ1) is 20.0. The van der Waals surface area contributed by atoms with Crippen molar-refractivity contribution < 1.29 is 18.3 Å². The van der Waals surface area contributed by atoms with Crippen LogP contribution in [0.1, 0.15) is 49.8 Å². The zero-order valence-corrected chi connectivity index (χ0v) is 16.3. The Hall–Kier alpha value is -2.29. The molecule has 0 radical (unpaired) electrons. The summed E-state index contributed by atoms with van der Waals surface area (Å²) in [5.74, 6) is -1.01. The van der Waals surface area contributed by atoms with Gasteiger partial charge < -0.3 is 10.0 Å². The lowest BCUT2D eigenvalue weighted by molar-refractivity contribution is 0.147. The minimum Gasteiger partial charge on any atom is -0.396 e. The molecule has 0 amide bonds. The van der Waals surface area contributed by atoms with Gasteiger partial charge in [-0.25, -0.2) is 18.0 Å². The SMILES string of the molecule is Cc1c(N2CCC(C)C(CO)C2)c(F)c(C(F)F)c2c(=O)[nH]c(=O)n(C3CC3)c12. The van der Waals surface area contributed by atoms with E-state index in [0.717, 1.165) is 0 Å². The van der Waals surface area contributed by atoms with Gasteiger partial charge in [0.1, 0.15) is 0 Å². The lowest BCUT2D eigenvalue weighted by atomic mass is 9.87. The largest absolute Gasteiger partial charge is 0.396 e. The smallest absolute Gasteiger partial charge is 0.329 e. The zero-order valence-electron chi connectivity index (χ0n) is 16.3. The molecule has 1 aliphatic heterocycles. The van der Waals surface area contributed by atoms with Gasteiger partial charge in [0.2, 0.25) is 0 Å². The highest BCUT2D eigenvalue weighted by atomic mass is 19.3.